The molecule has 4 heteroatoms. The molecule has 0 aliphatic rings. The number of benzene rings is 1. The second kappa shape index (κ2) is 4.59. The third-order valence-corrected chi connectivity index (χ3v) is 1.82. The third-order valence-electron chi connectivity index (χ3n) is 1.82. The lowest BCUT2D eigenvalue weighted by Gasteiger charge is -2.08. The Bertz CT molecular complexity index is 396. The van der Waals surface area contributed by atoms with Crippen LogP contribution in [0, 0.1) is 0 Å². The summed E-state index contributed by atoms with van der Waals surface area (Å²) in [4.78, 5) is 22.0. The summed E-state index contributed by atoms with van der Waals surface area (Å²) in [6.07, 6.45) is 0. The van der Waals surface area contributed by atoms with E-state index in [9.17, 15) is 9.59 Å². The molecule has 1 rings (SSSR count). The largest absolute Gasteiger partial charge is 0.497 e. The maximum absolute atomic E-state index is 11.2. The van der Waals surface area contributed by atoms with Gasteiger partial charge in [-0.2, -0.15) is 0 Å². The van der Waals surface area contributed by atoms with Crippen molar-refractivity contribution < 1.29 is 19.1 Å². The van der Waals surface area contributed by atoms with E-state index in [4.69, 9.17) is 9.47 Å². The molecule has 0 saturated carbocycles. The summed E-state index contributed by atoms with van der Waals surface area (Å²) in [6.45, 7) is 2.69. The van der Waals surface area contributed by atoms with Gasteiger partial charge in [0, 0.05) is 13.0 Å². The molecular weight excluding hydrogens is 196 g/mol. The molecule has 0 saturated heterocycles. The van der Waals surface area contributed by atoms with Gasteiger partial charge in [0.25, 0.3) is 0 Å². The van der Waals surface area contributed by atoms with Crippen molar-refractivity contribution >= 4 is 11.8 Å². The van der Waals surface area contributed by atoms with Gasteiger partial charge in [0.2, 0.25) is 0 Å². The summed E-state index contributed by atoms with van der Waals surface area (Å²) >= 11 is 0. The number of ether oxygens (including phenoxy) is 2. The monoisotopic (exact) mass is 208 g/mol. The van der Waals surface area contributed by atoms with Crippen molar-refractivity contribution in [2.75, 3.05) is 7.11 Å². The first-order valence-electron chi connectivity index (χ1n) is 4.42. The molecule has 0 aromatic heterocycles. The van der Waals surface area contributed by atoms with E-state index >= 15 is 0 Å². The highest BCUT2D eigenvalue weighted by molar-refractivity contribution is 5.97. The first kappa shape index (κ1) is 11.2. The quantitative estimate of drug-likeness (QED) is 0.432. The van der Waals surface area contributed by atoms with Crippen LogP contribution in [0.25, 0.3) is 0 Å². The molecule has 0 N–H and O–H groups in total. The van der Waals surface area contributed by atoms with Crippen LogP contribution in [0.1, 0.15) is 24.2 Å². The van der Waals surface area contributed by atoms with E-state index in [-0.39, 0.29) is 11.5 Å². The zero-order valence-electron chi connectivity index (χ0n) is 8.87. The Kier molecular flexibility index (Phi) is 3.44. The minimum Gasteiger partial charge on any atom is -0.497 e. The lowest BCUT2D eigenvalue weighted by atomic mass is 10.1. The number of esters is 1. The molecule has 0 bridgehead atoms. The van der Waals surface area contributed by atoms with Crippen LogP contribution in [-0.4, -0.2) is 18.9 Å². The summed E-state index contributed by atoms with van der Waals surface area (Å²) < 4.78 is 9.88. The van der Waals surface area contributed by atoms with E-state index in [1.807, 2.05) is 0 Å². The lowest BCUT2D eigenvalue weighted by molar-refractivity contribution is -0.131. The van der Waals surface area contributed by atoms with Gasteiger partial charge in [0.05, 0.1) is 12.7 Å². The number of hydrogen-bond acceptors (Lipinski definition) is 4. The van der Waals surface area contributed by atoms with Crippen molar-refractivity contribution in [3.8, 4) is 11.5 Å². The number of Topliss-reactive ketones (excluding diaryl/α,β-unsaturated/α-hetero) is 1. The fraction of sp³-hybridized carbons (Fsp3) is 0.273. The molecule has 15 heavy (non-hydrogen) atoms. The maximum Gasteiger partial charge on any atom is 0.308 e. The molecule has 0 fully saturated rings. The highest BCUT2D eigenvalue weighted by Gasteiger charge is 2.11. The summed E-state index contributed by atoms with van der Waals surface area (Å²) in [5.41, 5.74) is 0.367. The van der Waals surface area contributed by atoms with Crippen molar-refractivity contribution in [2.45, 2.75) is 13.8 Å². The summed E-state index contributed by atoms with van der Waals surface area (Å²) in [6, 6.07) is 4.72. The second-order valence-electron chi connectivity index (χ2n) is 3.01. The Labute approximate surface area is 87.8 Å². The molecule has 0 unspecified atom stereocenters. The molecule has 0 radical (unpaired) electrons. The average Bonchev–Trinajstić information content (AvgIpc) is 2.16. The Morgan fingerprint density at radius 3 is 2.33 bits per heavy atom. The topological polar surface area (TPSA) is 52.6 Å². The number of carbonyl (C=O) groups excluding carboxylic acids is 2. The SMILES string of the molecule is COc1ccc(C(C)=O)c(OC(C)=O)c1. The highest BCUT2D eigenvalue weighted by atomic mass is 16.5. The van der Waals surface area contributed by atoms with Crippen LogP contribution in [0.15, 0.2) is 18.2 Å². The summed E-state index contributed by atoms with van der Waals surface area (Å²) in [7, 11) is 1.50. The van der Waals surface area contributed by atoms with Gasteiger partial charge in [-0.15, -0.1) is 0 Å². The first-order valence-corrected chi connectivity index (χ1v) is 4.42. The van der Waals surface area contributed by atoms with Gasteiger partial charge in [0.1, 0.15) is 11.5 Å². The van der Waals surface area contributed by atoms with Crippen LogP contribution in [0.4, 0.5) is 0 Å². The van der Waals surface area contributed by atoms with Gasteiger partial charge in [-0.05, 0) is 19.1 Å². The fourth-order valence-corrected chi connectivity index (χ4v) is 1.16. The Morgan fingerprint density at radius 2 is 1.87 bits per heavy atom. The van der Waals surface area contributed by atoms with Crippen molar-refractivity contribution in [2.24, 2.45) is 0 Å². The minimum atomic E-state index is -0.467. The standard InChI is InChI=1S/C11H12O4/c1-7(12)10-5-4-9(14-3)6-11(10)15-8(2)13/h4-6H,1-3H3. The van der Waals surface area contributed by atoms with Gasteiger partial charge < -0.3 is 9.47 Å². The van der Waals surface area contributed by atoms with Gasteiger partial charge in [0.15, 0.2) is 5.78 Å². The Balaban J connectivity index is 3.16. The van der Waals surface area contributed by atoms with E-state index in [0.717, 1.165) is 0 Å². The molecule has 0 aliphatic carbocycles. The van der Waals surface area contributed by atoms with Crippen LogP contribution >= 0.6 is 0 Å². The molecule has 0 spiro atoms. The minimum absolute atomic E-state index is 0.158. The first-order chi connectivity index (χ1) is 7.04. The molecule has 0 heterocycles. The number of hydrogen-bond donors (Lipinski definition) is 0. The summed E-state index contributed by atoms with van der Waals surface area (Å²) in [5.74, 6) is 0.144. The van der Waals surface area contributed by atoms with Gasteiger partial charge in [-0.3, -0.25) is 9.59 Å². The molecule has 1 aromatic carbocycles. The molecular formula is C11H12O4. The van der Waals surface area contributed by atoms with Crippen molar-refractivity contribution in [3.63, 3.8) is 0 Å². The van der Waals surface area contributed by atoms with E-state index in [1.165, 1.54) is 27.0 Å². The second-order valence-corrected chi connectivity index (χ2v) is 3.01. The molecule has 80 valence electrons. The molecule has 0 aliphatic heterocycles. The number of ketones is 1. The predicted molar refractivity (Wildman–Crippen MR) is 54.3 cm³/mol. The van der Waals surface area contributed by atoms with E-state index in [0.29, 0.717) is 11.3 Å². The normalized spacial score (nSPS) is 9.53. The van der Waals surface area contributed by atoms with Crippen molar-refractivity contribution in [1.29, 1.82) is 0 Å². The lowest BCUT2D eigenvalue weighted by Crippen LogP contribution is -2.06. The Hall–Kier alpha value is -1.84. The van der Waals surface area contributed by atoms with Crippen LogP contribution in [0.3, 0.4) is 0 Å². The van der Waals surface area contributed by atoms with Gasteiger partial charge >= 0.3 is 5.97 Å². The average molecular weight is 208 g/mol. The van der Waals surface area contributed by atoms with Crippen LogP contribution in [0.5, 0.6) is 11.5 Å². The number of carbonyl (C=O) groups is 2. The molecule has 1 aromatic rings. The smallest absolute Gasteiger partial charge is 0.308 e. The van der Waals surface area contributed by atoms with E-state index in [1.54, 1.807) is 12.1 Å². The molecule has 0 amide bonds. The number of rotatable bonds is 3. The third kappa shape index (κ3) is 2.80. The van der Waals surface area contributed by atoms with Crippen LogP contribution in [-0.2, 0) is 4.79 Å². The molecule has 0 atom stereocenters. The van der Waals surface area contributed by atoms with Crippen LogP contribution < -0.4 is 9.47 Å². The molecule has 4 nitrogen and oxygen atoms in total. The zero-order chi connectivity index (χ0) is 11.4. The maximum atomic E-state index is 11.2. The van der Waals surface area contributed by atoms with Crippen molar-refractivity contribution in [1.82, 2.24) is 0 Å². The van der Waals surface area contributed by atoms with E-state index in [2.05, 4.69) is 0 Å². The number of methoxy groups -OCH3 is 1. The fourth-order valence-electron chi connectivity index (χ4n) is 1.16. The van der Waals surface area contributed by atoms with Crippen LogP contribution in [0.2, 0.25) is 0 Å². The Morgan fingerprint density at radius 1 is 1.20 bits per heavy atom. The zero-order valence-corrected chi connectivity index (χ0v) is 8.87. The summed E-state index contributed by atoms with van der Waals surface area (Å²) in [5, 5.41) is 0. The van der Waals surface area contributed by atoms with Crippen molar-refractivity contribution in [3.05, 3.63) is 23.8 Å². The van der Waals surface area contributed by atoms with E-state index < -0.39 is 5.97 Å². The highest BCUT2D eigenvalue weighted by Crippen LogP contribution is 2.25. The predicted octanol–water partition coefficient (Wildman–Crippen LogP) is 1.82. The van der Waals surface area contributed by atoms with Gasteiger partial charge in [-0.1, -0.05) is 0 Å². The van der Waals surface area contributed by atoms with Gasteiger partial charge in [-0.25, -0.2) is 0 Å².